The van der Waals surface area contributed by atoms with Gasteiger partial charge in [0, 0.05) is 6.42 Å². The molecule has 0 unspecified atom stereocenters. The SMILES string of the molecule is COc1ccc(S(=O)(=O)CCC(=O)Nc2nc3c(OC)cccc3s2)cc1. The van der Waals surface area contributed by atoms with Gasteiger partial charge in [-0.05, 0) is 36.4 Å². The van der Waals surface area contributed by atoms with Crippen molar-refractivity contribution in [2.45, 2.75) is 11.3 Å². The van der Waals surface area contributed by atoms with E-state index < -0.39 is 15.7 Å². The molecule has 0 radical (unpaired) electrons. The van der Waals surface area contributed by atoms with Crippen molar-refractivity contribution in [1.29, 1.82) is 0 Å². The third-order valence-corrected chi connectivity index (χ3v) is 6.53. The molecule has 1 N–H and O–H groups in total. The highest BCUT2D eigenvalue weighted by atomic mass is 32.2. The summed E-state index contributed by atoms with van der Waals surface area (Å²) in [5.41, 5.74) is 0.658. The number of carbonyl (C=O) groups excluding carboxylic acids is 1. The summed E-state index contributed by atoms with van der Waals surface area (Å²) in [6.07, 6.45) is -0.165. The molecule has 0 aliphatic heterocycles. The minimum absolute atomic E-state index is 0.154. The van der Waals surface area contributed by atoms with E-state index in [9.17, 15) is 13.2 Å². The number of para-hydroxylation sites is 1. The Morgan fingerprint density at radius 3 is 2.52 bits per heavy atom. The smallest absolute Gasteiger partial charge is 0.227 e. The van der Waals surface area contributed by atoms with Crippen LogP contribution in [0.1, 0.15) is 6.42 Å². The number of nitrogens with one attached hydrogen (secondary N) is 1. The Morgan fingerprint density at radius 2 is 1.85 bits per heavy atom. The molecular weight excluding hydrogens is 388 g/mol. The Bertz CT molecular complexity index is 1060. The van der Waals surface area contributed by atoms with Crippen LogP contribution in [0.25, 0.3) is 10.2 Å². The summed E-state index contributed by atoms with van der Waals surface area (Å²) in [6, 6.07) is 11.6. The number of anilines is 1. The van der Waals surface area contributed by atoms with Crippen LogP contribution in [0.4, 0.5) is 5.13 Å². The van der Waals surface area contributed by atoms with Gasteiger partial charge in [-0.25, -0.2) is 13.4 Å². The molecule has 1 heterocycles. The van der Waals surface area contributed by atoms with Gasteiger partial charge in [-0.1, -0.05) is 17.4 Å². The van der Waals surface area contributed by atoms with Crippen LogP contribution in [0, 0.1) is 0 Å². The topological polar surface area (TPSA) is 94.6 Å². The van der Waals surface area contributed by atoms with Gasteiger partial charge in [0.05, 0.1) is 29.6 Å². The van der Waals surface area contributed by atoms with Gasteiger partial charge in [-0.3, -0.25) is 4.79 Å². The van der Waals surface area contributed by atoms with Crippen molar-refractivity contribution < 1.29 is 22.7 Å². The van der Waals surface area contributed by atoms with Crippen LogP contribution in [0.15, 0.2) is 47.4 Å². The van der Waals surface area contributed by atoms with Crippen molar-refractivity contribution in [2.24, 2.45) is 0 Å². The molecule has 0 aliphatic carbocycles. The van der Waals surface area contributed by atoms with Crippen LogP contribution in [0.3, 0.4) is 0 Å². The zero-order valence-corrected chi connectivity index (χ0v) is 16.4. The number of thiazole rings is 1. The maximum Gasteiger partial charge on any atom is 0.227 e. The zero-order chi connectivity index (χ0) is 19.4. The minimum Gasteiger partial charge on any atom is -0.497 e. The van der Waals surface area contributed by atoms with Crippen molar-refractivity contribution >= 4 is 42.4 Å². The van der Waals surface area contributed by atoms with Crippen molar-refractivity contribution in [2.75, 3.05) is 25.3 Å². The predicted octanol–water partition coefficient (Wildman–Crippen LogP) is 3.12. The van der Waals surface area contributed by atoms with Crippen LogP contribution < -0.4 is 14.8 Å². The number of benzene rings is 2. The fraction of sp³-hybridized carbons (Fsp3) is 0.222. The highest BCUT2D eigenvalue weighted by molar-refractivity contribution is 7.91. The summed E-state index contributed by atoms with van der Waals surface area (Å²) >= 11 is 1.30. The lowest BCUT2D eigenvalue weighted by atomic mass is 10.3. The average molecular weight is 406 g/mol. The first-order chi connectivity index (χ1) is 12.9. The van der Waals surface area contributed by atoms with Crippen molar-refractivity contribution in [3.8, 4) is 11.5 Å². The predicted molar refractivity (Wildman–Crippen MR) is 104 cm³/mol. The number of fused-ring (bicyclic) bond motifs is 1. The van der Waals surface area contributed by atoms with Crippen molar-refractivity contribution in [3.05, 3.63) is 42.5 Å². The Morgan fingerprint density at radius 1 is 1.11 bits per heavy atom. The first kappa shape index (κ1) is 19.1. The summed E-state index contributed by atoms with van der Waals surface area (Å²) in [5.74, 6) is 0.480. The van der Waals surface area contributed by atoms with Gasteiger partial charge < -0.3 is 14.8 Å². The number of sulfone groups is 1. The van der Waals surface area contributed by atoms with Gasteiger partial charge in [-0.15, -0.1) is 0 Å². The van der Waals surface area contributed by atoms with Crippen LogP contribution >= 0.6 is 11.3 Å². The molecule has 7 nitrogen and oxygen atoms in total. The zero-order valence-electron chi connectivity index (χ0n) is 14.8. The maximum atomic E-state index is 12.4. The van der Waals surface area contributed by atoms with Crippen LogP contribution in [-0.2, 0) is 14.6 Å². The van der Waals surface area contributed by atoms with E-state index in [4.69, 9.17) is 9.47 Å². The molecule has 0 spiro atoms. The Balaban J connectivity index is 1.65. The summed E-state index contributed by atoms with van der Waals surface area (Å²) in [7, 11) is -0.504. The average Bonchev–Trinajstić information content (AvgIpc) is 3.08. The molecule has 27 heavy (non-hydrogen) atoms. The number of hydrogen-bond acceptors (Lipinski definition) is 7. The molecule has 9 heteroatoms. The number of amides is 1. The van der Waals surface area contributed by atoms with E-state index in [0.29, 0.717) is 22.1 Å². The molecule has 3 rings (SSSR count). The van der Waals surface area contributed by atoms with Crippen LogP contribution in [-0.4, -0.2) is 39.3 Å². The fourth-order valence-electron chi connectivity index (χ4n) is 2.45. The van der Waals surface area contributed by atoms with Gasteiger partial charge in [0.2, 0.25) is 5.91 Å². The Hall–Kier alpha value is -2.65. The lowest BCUT2D eigenvalue weighted by molar-refractivity contribution is -0.115. The van der Waals surface area contributed by atoms with Crippen molar-refractivity contribution in [1.82, 2.24) is 4.98 Å². The molecule has 1 aromatic heterocycles. The molecule has 2 aromatic carbocycles. The molecule has 0 saturated carbocycles. The highest BCUT2D eigenvalue weighted by Gasteiger charge is 2.18. The first-order valence-electron chi connectivity index (χ1n) is 8.03. The third-order valence-electron chi connectivity index (χ3n) is 3.86. The highest BCUT2D eigenvalue weighted by Crippen LogP contribution is 2.32. The second-order valence-electron chi connectivity index (χ2n) is 5.62. The van der Waals surface area contributed by atoms with Gasteiger partial charge >= 0.3 is 0 Å². The molecule has 0 saturated heterocycles. The van der Waals surface area contributed by atoms with Crippen LogP contribution in [0.5, 0.6) is 11.5 Å². The molecule has 0 aliphatic rings. The Labute approximate surface area is 160 Å². The number of hydrogen-bond donors (Lipinski definition) is 1. The number of carbonyl (C=O) groups is 1. The number of nitrogens with zero attached hydrogens (tertiary/aromatic N) is 1. The molecule has 0 bridgehead atoms. The lowest BCUT2D eigenvalue weighted by Crippen LogP contribution is -2.17. The van der Waals surface area contributed by atoms with Gasteiger partial charge in [0.1, 0.15) is 17.0 Å². The normalized spacial score (nSPS) is 11.3. The van der Waals surface area contributed by atoms with Crippen LogP contribution in [0.2, 0.25) is 0 Å². The quantitative estimate of drug-likeness (QED) is 0.648. The molecule has 0 atom stereocenters. The largest absolute Gasteiger partial charge is 0.497 e. The second kappa shape index (κ2) is 7.93. The number of rotatable bonds is 7. The Kier molecular flexibility index (Phi) is 5.62. The molecule has 1 amide bonds. The fourth-order valence-corrected chi connectivity index (χ4v) is 4.59. The number of methoxy groups -OCH3 is 2. The third kappa shape index (κ3) is 4.37. The molecule has 3 aromatic rings. The minimum atomic E-state index is -3.56. The van der Waals surface area contributed by atoms with Gasteiger partial charge in [-0.2, -0.15) is 0 Å². The molecule has 0 fully saturated rings. The van der Waals surface area contributed by atoms with E-state index in [1.807, 2.05) is 12.1 Å². The number of aromatic nitrogens is 1. The molecule has 142 valence electrons. The van der Waals surface area contributed by atoms with E-state index >= 15 is 0 Å². The van der Waals surface area contributed by atoms with Gasteiger partial charge in [0.15, 0.2) is 15.0 Å². The summed E-state index contributed by atoms with van der Waals surface area (Å²) < 4.78 is 35.9. The van der Waals surface area contributed by atoms with Crippen molar-refractivity contribution in [3.63, 3.8) is 0 Å². The van der Waals surface area contributed by atoms with E-state index in [-0.39, 0.29) is 17.1 Å². The summed E-state index contributed by atoms with van der Waals surface area (Å²) in [5, 5.41) is 3.06. The lowest BCUT2D eigenvalue weighted by Gasteiger charge is -2.06. The first-order valence-corrected chi connectivity index (χ1v) is 10.5. The standard InChI is InChI=1S/C18H18N2O5S2/c1-24-12-6-8-13(9-7-12)27(22,23)11-10-16(21)19-18-20-17-14(25-2)4-3-5-15(17)26-18/h3-9H,10-11H2,1-2H3,(H,19,20,21). The van der Waals surface area contributed by atoms with Gasteiger partial charge in [0.25, 0.3) is 0 Å². The molecular formula is C18H18N2O5S2. The monoisotopic (exact) mass is 406 g/mol. The maximum absolute atomic E-state index is 12.4. The number of ether oxygens (including phenoxy) is 2. The summed E-state index contributed by atoms with van der Waals surface area (Å²) in [4.78, 5) is 16.7. The van der Waals surface area contributed by atoms with E-state index in [0.717, 1.165) is 4.70 Å². The van der Waals surface area contributed by atoms with E-state index in [1.165, 1.54) is 30.6 Å². The second-order valence-corrected chi connectivity index (χ2v) is 8.76. The van der Waals surface area contributed by atoms with E-state index in [2.05, 4.69) is 10.3 Å². The van der Waals surface area contributed by atoms with E-state index in [1.54, 1.807) is 25.3 Å². The summed E-state index contributed by atoms with van der Waals surface area (Å²) in [6.45, 7) is 0.